The Morgan fingerprint density at radius 2 is 1.74 bits per heavy atom. The Bertz CT molecular complexity index is 1020. The highest BCUT2D eigenvalue weighted by molar-refractivity contribution is 7.96. The fourth-order valence-corrected chi connectivity index (χ4v) is 3.34. The Balaban J connectivity index is 1.70. The van der Waals surface area contributed by atoms with E-state index in [0.717, 1.165) is 23.1 Å². The predicted molar refractivity (Wildman–Crippen MR) is 127 cm³/mol. The molecule has 2 heterocycles. The van der Waals surface area contributed by atoms with Gasteiger partial charge in [0, 0.05) is 24.2 Å². The van der Waals surface area contributed by atoms with Gasteiger partial charge in [-0.05, 0) is 48.9 Å². The maximum atomic E-state index is 11.3. The molecule has 0 aliphatic heterocycles. The first-order valence-corrected chi connectivity index (χ1v) is 12.4. The molecule has 0 fully saturated rings. The molecule has 0 atom stereocenters. The molecule has 0 bridgehead atoms. The van der Waals surface area contributed by atoms with E-state index in [2.05, 4.69) is 41.4 Å². The van der Waals surface area contributed by atoms with Crippen molar-refractivity contribution >= 4 is 10.9 Å². The molecule has 8 heteroatoms. The number of rotatable bonds is 10. The summed E-state index contributed by atoms with van der Waals surface area (Å²) < 4.78 is 13.5. The SMILES string of the molecule is CCOc1nc(-c2ccc(-c3ccc(=O)[nH]c3)cc2)nn1COCCC(C)(C)[S+](C)C. The zero-order valence-electron chi connectivity index (χ0n) is 18.8. The fraction of sp³-hybridized carbons (Fsp3) is 0.435. The minimum absolute atomic E-state index is 0.117. The van der Waals surface area contributed by atoms with Crippen molar-refractivity contribution in [3.8, 4) is 28.5 Å². The third-order valence-corrected chi connectivity index (χ3v) is 7.75. The molecule has 0 spiro atoms. The smallest absolute Gasteiger partial charge is 0.317 e. The van der Waals surface area contributed by atoms with Crippen LogP contribution in [0.1, 0.15) is 27.2 Å². The minimum atomic E-state index is -0.117. The molecule has 0 saturated heterocycles. The molecule has 7 nitrogen and oxygen atoms in total. The van der Waals surface area contributed by atoms with Crippen LogP contribution < -0.4 is 10.3 Å². The van der Waals surface area contributed by atoms with Gasteiger partial charge in [0.2, 0.25) is 5.56 Å². The number of H-pyrrole nitrogens is 1. The molecule has 166 valence electrons. The van der Waals surface area contributed by atoms with Gasteiger partial charge in [0.05, 0.1) is 25.7 Å². The first kappa shape index (κ1) is 23.1. The summed E-state index contributed by atoms with van der Waals surface area (Å²) in [6, 6.07) is 11.7. The molecule has 1 N–H and O–H groups in total. The van der Waals surface area contributed by atoms with E-state index in [1.807, 2.05) is 31.2 Å². The highest BCUT2D eigenvalue weighted by Gasteiger charge is 2.30. The number of benzene rings is 1. The lowest BCUT2D eigenvalue weighted by Gasteiger charge is -2.20. The van der Waals surface area contributed by atoms with Gasteiger partial charge in [0.25, 0.3) is 0 Å². The van der Waals surface area contributed by atoms with E-state index in [1.165, 1.54) is 6.07 Å². The zero-order chi connectivity index (χ0) is 22.4. The van der Waals surface area contributed by atoms with Crippen molar-refractivity contribution in [1.29, 1.82) is 0 Å². The van der Waals surface area contributed by atoms with E-state index < -0.39 is 0 Å². The lowest BCUT2D eigenvalue weighted by atomic mass is 10.1. The molecule has 0 amide bonds. The largest absolute Gasteiger partial charge is 0.464 e. The Labute approximate surface area is 186 Å². The maximum absolute atomic E-state index is 11.3. The Morgan fingerprint density at radius 3 is 2.35 bits per heavy atom. The molecule has 0 aliphatic rings. The minimum Gasteiger partial charge on any atom is -0.464 e. The molecule has 3 aromatic rings. The molecule has 0 aliphatic carbocycles. The second-order valence-electron chi connectivity index (χ2n) is 8.03. The Morgan fingerprint density at radius 1 is 1.06 bits per heavy atom. The van der Waals surface area contributed by atoms with E-state index in [1.54, 1.807) is 16.9 Å². The van der Waals surface area contributed by atoms with Gasteiger partial charge in [-0.25, -0.2) is 0 Å². The van der Waals surface area contributed by atoms with Gasteiger partial charge in [-0.15, -0.1) is 5.10 Å². The van der Waals surface area contributed by atoms with Gasteiger partial charge in [-0.1, -0.05) is 24.3 Å². The highest BCUT2D eigenvalue weighted by Crippen LogP contribution is 2.24. The van der Waals surface area contributed by atoms with Gasteiger partial charge in [0.1, 0.15) is 11.5 Å². The third-order valence-electron chi connectivity index (χ3n) is 5.34. The summed E-state index contributed by atoms with van der Waals surface area (Å²) >= 11 is 0. The number of nitrogens with zero attached hydrogens (tertiary/aromatic N) is 3. The van der Waals surface area contributed by atoms with Crippen LogP contribution in [0.25, 0.3) is 22.5 Å². The number of aromatic nitrogens is 4. The first-order valence-electron chi connectivity index (χ1n) is 10.3. The number of hydrogen-bond donors (Lipinski definition) is 1. The second kappa shape index (κ2) is 10.2. The molecule has 1 aromatic carbocycles. The molecule has 31 heavy (non-hydrogen) atoms. The van der Waals surface area contributed by atoms with Crippen molar-refractivity contribution in [2.45, 2.75) is 38.7 Å². The lowest BCUT2D eigenvalue weighted by molar-refractivity contribution is 0.0562. The molecule has 0 unspecified atom stereocenters. The molecule has 0 radical (unpaired) electrons. The van der Waals surface area contributed by atoms with Crippen molar-refractivity contribution in [3.05, 3.63) is 52.9 Å². The zero-order valence-corrected chi connectivity index (χ0v) is 19.7. The molecule has 0 saturated carbocycles. The van der Waals surface area contributed by atoms with E-state index in [9.17, 15) is 4.79 Å². The Hall–Kier alpha value is -2.58. The van der Waals surface area contributed by atoms with Gasteiger partial charge < -0.3 is 14.5 Å². The van der Waals surface area contributed by atoms with Crippen molar-refractivity contribution < 1.29 is 9.47 Å². The summed E-state index contributed by atoms with van der Waals surface area (Å²) in [5, 5.41) is 4.59. The monoisotopic (exact) mass is 443 g/mol. The third kappa shape index (κ3) is 5.98. The second-order valence-corrected chi connectivity index (χ2v) is 10.8. The van der Waals surface area contributed by atoms with Crippen LogP contribution in [0.5, 0.6) is 6.01 Å². The lowest BCUT2D eigenvalue weighted by Crippen LogP contribution is -2.31. The summed E-state index contributed by atoms with van der Waals surface area (Å²) in [5.74, 6) is 0.587. The average molecular weight is 444 g/mol. The summed E-state index contributed by atoms with van der Waals surface area (Å²) in [6.07, 6.45) is 7.22. The number of pyridine rings is 1. The van der Waals surface area contributed by atoms with Gasteiger partial charge >= 0.3 is 6.01 Å². The van der Waals surface area contributed by atoms with Crippen LogP contribution in [0.2, 0.25) is 0 Å². The van der Waals surface area contributed by atoms with Gasteiger partial charge in [-0.2, -0.15) is 9.67 Å². The van der Waals surface area contributed by atoms with E-state index in [4.69, 9.17) is 9.47 Å². The van der Waals surface area contributed by atoms with Crippen LogP contribution in [0.15, 0.2) is 47.4 Å². The van der Waals surface area contributed by atoms with Crippen molar-refractivity contribution in [3.63, 3.8) is 0 Å². The van der Waals surface area contributed by atoms with Crippen LogP contribution in [0.3, 0.4) is 0 Å². The molecular formula is C23H31N4O3S+. The topological polar surface area (TPSA) is 82.0 Å². The van der Waals surface area contributed by atoms with Crippen LogP contribution >= 0.6 is 0 Å². The van der Waals surface area contributed by atoms with E-state index >= 15 is 0 Å². The Kier molecular flexibility index (Phi) is 7.56. The fourth-order valence-electron chi connectivity index (χ4n) is 2.85. The quantitative estimate of drug-likeness (QED) is 0.381. The summed E-state index contributed by atoms with van der Waals surface area (Å²) in [6.45, 7) is 7.93. The highest BCUT2D eigenvalue weighted by atomic mass is 32.2. The molecule has 3 rings (SSSR count). The standard InChI is InChI=1S/C23H30N4O3S/c1-6-30-22-25-21(26-27(22)16-29-14-13-23(2,3)31(4)5)18-9-7-17(8-10-18)19-11-12-20(28)24-15-19/h7-12,15H,6,13-14,16H2,1-5H3/p+1. The van der Waals surface area contributed by atoms with E-state index in [-0.39, 0.29) is 10.3 Å². The van der Waals surface area contributed by atoms with Gasteiger partial charge in [-0.3, -0.25) is 4.79 Å². The number of aromatic amines is 1. The van der Waals surface area contributed by atoms with E-state index in [0.29, 0.717) is 42.7 Å². The van der Waals surface area contributed by atoms with Crippen LogP contribution in [-0.2, 0) is 22.4 Å². The summed E-state index contributed by atoms with van der Waals surface area (Å²) in [5.41, 5.74) is 2.71. The maximum Gasteiger partial charge on any atom is 0.317 e. The summed E-state index contributed by atoms with van der Waals surface area (Å²) in [7, 11) is 0.324. The normalized spacial score (nSPS) is 11.8. The van der Waals surface area contributed by atoms with Gasteiger partial charge in [0.15, 0.2) is 5.82 Å². The van der Waals surface area contributed by atoms with Crippen molar-refractivity contribution in [1.82, 2.24) is 19.7 Å². The predicted octanol–water partition coefficient (Wildman–Crippen LogP) is 3.72. The molecule has 2 aromatic heterocycles. The number of nitrogens with one attached hydrogen (secondary N) is 1. The van der Waals surface area contributed by atoms with Crippen LogP contribution in [0, 0.1) is 0 Å². The number of ether oxygens (including phenoxy) is 2. The average Bonchev–Trinajstić information content (AvgIpc) is 3.15. The summed E-state index contributed by atoms with van der Waals surface area (Å²) in [4.78, 5) is 18.5. The first-order chi connectivity index (χ1) is 14.8. The van der Waals surface area contributed by atoms with Crippen molar-refractivity contribution in [2.75, 3.05) is 25.7 Å². The van der Waals surface area contributed by atoms with Crippen LogP contribution in [0.4, 0.5) is 0 Å². The van der Waals surface area contributed by atoms with Crippen LogP contribution in [-0.4, -0.2) is 50.2 Å². The number of hydrogen-bond acceptors (Lipinski definition) is 5. The van der Waals surface area contributed by atoms with Crippen molar-refractivity contribution in [2.24, 2.45) is 0 Å². The molecular weight excluding hydrogens is 412 g/mol.